The van der Waals surface area contributed by atoms with Crippen LogP contribution in [0.1, 0.15) is 30.6 Å². The number of esters is 1. The highest BCUT2D eigenvalue weighted by Gasteiger charge is 2.09. The van der Waals surface area contributed by atoms with Crippen molar-refractivity contribution in [3.63, 3.8) is 0 Å². The fourth-order valence-corrected chi connectivity index (χ4v) is 2.39. The molecule has 0 spiro atoms. The van der Waals surface area contributed by atoms with Gasteiger partial charge in [0, 0.05) is 11.4 Å². The van der Waals surface area contributed by atoms with E-state index in [1.807, 2.05) is 0 Å². The molecular weight excluding hydrogens is 402 g/mol. The summed E-state index contributed by atoms with van der Waals surface area (Å²) in [5.74, 6) is 0.0179. The number of rotatable bonds is 10. The third-order valence-electron chi connectivity index (χ3n) is 3.90. The topological polar surface area (TPSA) is 115 Å². The molecule has 164 valence electrons. The summed E-state index contributed by atoms with van der Waals surface area (Å²) in [6.07, 6.45) is -0.0146. The van der Waals surface area contributed by atoms with Crippen molar-refractivity contribution in [2.75, 3.05) is 25.6 Å². The molecule has 0 aliphatic rings. The first-order valence-electron chi connectivity index (χ1n) is 9.57. The predicted octanol–water partition coefficient (Wildman–Crippen LogP) is 2.77. The highest BCUT2D eigenvalue weighted by molar-refractivity contribution is 6.05. The Balaban J connectivity index is 1.75. The average molecular weight is 427 g/mol. The van der Waals surface area contributed by atoms with E-state index < -0.39 is 11.9 Å². The van der Waals surface area contributed by atoms with Gasteiger partial charge >= 0.3 is 5.97 Å². The van der Waals surface area contributed by atoms with Crippen LogP contribution in [0.25, 0.3) is 0 Å². The van der Waals surface area contributed by atoms with Gasteiger partial charge in [-0.05, 0) is 62.4 Å². The number of hydrazone groups is 1. The Bertz CT molecular complexity index is 923. The van der Waals surface area contributed by atoms with Crippen molar-refractivity contribution in [3.05, 3.63) is 54.1 Å². The number of hydrogen-bond donors (Lipinski definition) is 2. The monoisotopic (exact) mass is 427 g/mol. The van der Waals surface area contributed by atoms with E-state index in [0.29, 0.717) is 35.1 Å². The standard InChI is InChI=1S/C22H25N3O6/c1-4-30-22(28)16-5-7-17(8-6-16)23-20(26)13-15(2)24-25-21(27)14-31-19-11-9-18(29-3)10-12-19/h5-12H,4,13-14H2,1-3H3,(H,23,26)(H,25,27)/b24-15-. The van der Waals surface area contributed by atoms with Crippen LogP contribution in [-0.2, 0) is 14.3 Å². The minimum atomic E-state index is -0.454. The molecule has 9 heteroatoms. The van der Waals surface area contributed by atoms with E-state index in [1.54, 1.807) is 69.5 Å². The lowest BCUT2D eigenvalue weighted by atomic mass is 10.2. The summed E-state index contributed by atoms with van der Waals surface area (Å²) in [5.41, 5.74) is 3.69. The summed E-state index contributed by atoms with van der Waals surface area (Å²) >= 11 is 0. The average Bonchev–Trinajstić information content (AvgIpc) is 2.77. The zero-order chi connectivity index (χ0) is 22.6. The Morgan fingerprint density at radius 2 is 1.58 bits per heavy atom. The number of anilines is 1. The first-order valence-corrected chi connectivity index (χ1v) is 9.57. The molecule has 2 amide bonds. The first kappa shape index (κ1) is 23.4. The van der Waals surface area contributed by atoms with Gasteiger partial charge in [0.25, 0.3) is 5.91 Å². The molecular formula is C22H25N3O6. The van der Waals surface area contributed by atoms with Crippen LogP contribution in [0.15, 0.2) is 53.6 Å². The largest absolute Gasteiger partial charge is 0.497 e. The molecule has 2 rings (SSSR count). The van der Waals surface area contributed by atoms with Crippen LogP contribution in [0.2, 0.25) is 0 Å². The van der Waals surface area contributed by atoms with E-state index in [2.05, 4.69) is 15.8 Å². The number of ether oxygens (including phenoxy) is 3. The van der Waals surface area contributed by atoms with Gasteiger partial charge in [-0.2, -0.15) is 5.10 Å². The summed E-state index contributed by atoms with van der Waals surface area (Å²) < 4.78 is 15.3. The van der Waals surface area contributed by atoms with E-state index >= 15 is 0 Å². The fraction of sp³-hybridized carbons (Fsp3) is 0.273. The van der Waals surface area contributed by atoms with Crippen molar-refractivity contribution in [3.8, 4) is 11.5 Å². The molecule has 0 heterocycles. The molecule has 0 aliphatic heterocycles. The molecule has 0 atom stereocenters. The van der Waals surface area contributed by atoms with Crippen molar-refractivity contribution in [1.82, 2.24) is 5.43 Å². The fourth-order valence-electron chi connectivity index (χ4n) is 2.39. The molecule has 0 bridgehead atoms. The van der Waals surface area contributed by atoms with Gasteiger partial charge in [-0.3, -0.25) is 9.59 Å². The van der Waals surface area contributed by atoms with E-state index in [1.165, 1.54) is 0 Å². The minimum Gasteiger partial charge on any atom is -0.497 e. The molecule has 0 radical (unpaired) electrons. The molecule has 0 fully saturated rings. The van der Waals surface area contributed by atoms with Crippen LogP contribution >= 0.6 is 0 Å². The van der Waals surface area contributed by atoms with E-state index in [0.717, 1.165) is 0 Å². The maximum Gasteiger partial charge on any atom is 0.338 e. The van der Waals surface area contributed by atoms with Crippen LogP contribution in [0, 0.1) is 0 Å². The van der Waals surface area contributed by atoms with Crippen LogP contribution in [0.4, 0.5) is 5.69 Å². The van der Waals surface area contributed by atoms with Gasteiger partial charge in [-0.15, -0.1) is 0 Å². The highest BCUT2D eigenvalue weighted by Crippen LogP contribution is 2.16. The second-order valence-corrected chi connectivity index (χ2v) is 6.37. The third kappa shape index (κ3) is 8.17. The Morgan fingerprint density at radius 3 is 2.19 bits per heavy atom. The molecule has 9 nitrogen and oxygen atoms in total. The van der Waals surface area contributed by atoms with Gasteiger partial charge in [-0.1, -0.05) is 0 Å². The van der Waals surface area contributed by atoms with E-state index in [-0.39, 0.29) is 18.9 Å². The van der Waals surface area contributed by atoms with Gasteiger partial charge in [0.15, 0.2) is 6.61 Å². The molecule has 0 saturated heterocycles. The van der Waals surface area contributed by atoms with Gasteiger partial charge in [0.05, 0.1) is 25.7 Å². The summed E-state index contributed by atoms with van der Waals surface area (Å²) in [6, 6.07) is 13.2. The molecule has 0 aromatic heterocycles. The number of carbonyl (C=O) groups is 3. The van der Waals surface area contributed by atoms with Crippen molar-refractivity contribution in [1.29, 1.82) is 0 Å². The third-order valence-corrected chi connectivity index (χ3v) is 3.90. The zero-order valence-corrected chi connectivity index (χ0v) is 17.6. The first-order chi connectivity index (χ1) is 14.9. The van der Waals surface area contributed by atoms with Gasteiger partial charge < -0.3 is 19.5 Å². The predicted molar refractivity (Wildman–Crippen MR) is 115 cm³/mol. The molecule has 0 unspecified atom stereocenters. The van der Waals surface area contributed by atoms with Gasteiger partial charge in [0.2, 0.25) is 5.91 Å². The molecule has 2 aromatic carbocycles. The Kier molecular flexibility index (Phi) is 9.03. The van der Waals surface area contributed by atoms with Crippen molar-refractivity contribution < 1.29 is 28.6 Å². The zero-order valence-electron chi connectivity index (χ0n) is 17.6. The number of nitrogens with one attached hydrogen (secondary N) is 2. The number of amides is 2. The van der Waals surface area contributed by atoms with Crippen LogP contribution in [0.3, 0.4) is 0 Å². The Labute approximate surface area is 180 Å². The molecule has 0 aliphatic carbocycles. The quantitative estimate of drug-likeness (QED) is 0.342. The number of benzene rings is 2. The number of methoxy groups -OCH3 is 1. The lowest BCUT2D eigenvalue weighted by Gasteiger charge is -2.08. The molecule has 31 heavy (non-hydrogen) atoms. The lowest BCUT2D eigenvalue weighted by Crippen LogP contribution is -2.26. The molecule has 2 aromatic rings. The minimum absolute atomic E-state index is 0.0146. The van der Waals surface area contributed by atoms with E-state index in [9.17, 15) is 14.4 Å². The summed E-state index contributed by atoms with van der Waals surface area (Å²) in [6.45, 7) is 3.42. The maximum absolute atomic E-state index is 12.1. The van der Waals surface area contributed by atoms with Gasteiger partial charge in [-0.25, -0.2) is 10.2 Å². The summed E-state index contributed by atoms with van der Waals surface area (Å²) in [4.78, 5) is 35.6. The Morgan fingerprint density at radius 1 is 0.935 bits per heavy atom. The lowest BCUT2D eigenvalue weighted by molar-refractivity contribution is -0.123. The van der Waals surface area contributed by atoms with Crippen LogP contribution in [0.5, 0.6) is 11.5 Å². The smallest absolute Gasteiger partial charge is 0.338 e. The molecule has 0 saturated carbocycles. The maximum atomic E-state index is 12.1. The number of hydrogen-bond acceptors (Lipinski definition) is 7. The highest BCUT2D eigenvalue weighted by atomic mass is 16.5. The molecule has 2 N–H and O–H groups in total. The normalized spacial score (nSPS) is 10.7. The second-order valence-electron chi connectivity index (χ2n) is 6.37. The van der Waals surface area contributed by atoms with Gasteiger partial charge in [0.1, 0.15) is 11.5 Å². The van der Waals surface area contributed by atoms with Crippen LogP contribution in [-0.4, -0.2) is 43.8 Å². The Hall–Kier alpha value is -3.88. The summed E-state index contributed by atoms with van der Waals surface area (Å²) in [7, 11) is 1.56. The van der Waals surface area contributed by atoms with E-state index in [4.69, 9.17) is 14.2 Å². The van der Waals surface area contributed by atoms with Crippen LogP contribution < -0.4 is 20.2 Å². The second kappa shape index (κ2) is 12.0. The number of carbonyl (C=O) groups excluding carboxylic acids is 3. The van der Waals surface area contributed by atoms with Crippen molar-refractivity contribution >= 4 is 29.2 Å². The summed E-state index contributed by atoms with van der Waals surface area (Å²) in [5, 5.41) is 6.59. The SMILES string of the molecule is CCOC(=O)c1ccc(NC(=O)C/C(C)=N\NC(=O)COc2ccc(OC)cc2)cc1. The van der Waals surface area contributed by atoms with Crippen molar-refractivity contribution in [2.45, 2.75) is 20.3 Å². The van der Waals surface area contributed by atoms with Crippen molar-refractivity contribution in [2.24, 2.45) is 5.10 Å². The number of nitrogens with zero attached hydrogens (tertiary/aromatic N) is 1.